The second-order valence-electron chi connectivity index (χ2n) is 11.5. The van der Waals surface area contributed by atoms with Crippen molar-refractivity contribution < 1.29 is 18.9 Å². The highest BCUT2D eigenvalue weighted by Gasteiger charge is 2.29. The summed E-state index contributed by atoms with van der Waals surface area (Å²) in [6.07, 6.45) is 12.7. The number of aromatic nitrogens is 4. The molecule has 14 heteroatoms. The van der Waals surface area contributed by atoms with E-state index in [4.69, 9.17) is 42.2 Å². The van der Waals surface area contributed by atoms with Gasteiger partial charge in [-0.15, -0.1) is 9.80 Å². The molecule has 1 aromatic carbocycles. The number of rotatable bonds is 14. The highest BCUT2D eigenvalue weighted by Crippen LogP contribution is 2.35. The highest BCUT2D eigenvalue weighted by atomic mass is 35.5. The lowest BCUT2D eigenvalue weighted by Gasteiger charge is -2.38. The van der Waals surface area contributed by atoms with E-state index in [0.717, 1.165) is 88.0 Å². The molecule has 2 aliphatic rings. The SMILES string of the molecule is CCCCOc1nn(C2CCC(N3CCOCC3)CC2)cc1Nc1ncc(-c2ccc(Cl)c(O[C@@H](C)C[N+](C=N)=NN)c2)cn1. The number of hydrogen-bond donors (Lipinski definition) is 3. The van der Waals surface area contributed by atoms with Gasteiger partial charge in [0.2, 0.25) is 12.3 Å². The van der Waals surface area contributed by atoms with Gasteiger partial charge in [0.05, 0.1) is 37.1 Å². The van der Waals surface area contributed by atoms with Crippen LogP contribution in [-0.4, -0.2) is 87.3 Å². The first-order chi connectivity index (χ1) is 22.0. The minimum Gasteiger partial charge on any atom is -0.486 e. The lowest BCUT2D eigenvalue weighted by atomic mass is 9.90. The molecule has 5 rings (SSSR count). The minimum atomic E-state index is -0.316. The Kier molecular flexibility index (Phi) is 11.6. The van der Waals surface area contributed by atoms with E-state index in [-0.39, 0.29) is 6.10 Å². The number of hydrogen-bond acceptors (Lipinski definition) is 10. The van der Waals surface area contributed by atoms with Gasteiger partial charge in [-0.3, -0.25) is 9.58 Å². The predicted molar refractivity (Wildman–Crippen MR) is 173 cm³/mol. The maximum atomic E-state index is 7.36. The summed E-state index contributed by atoms with van der Waals surface area (Å²) in [5.41, 5.74) is 2.41. The Bertz CT molecular complexity index is 1420. The Balaban J connectivity index is 1.25. The fourth-order valence-electron chi connectivity index (χ4n) is 5.78. The van der Waals surface area contributed by atoms with Gasteiger partial charge in [-0.05, 0) is 56.7 Å². The van der Waals surface area contributed by atoms with Gasteiger partial charge in [0.1, 0.15) is 24.1 Å². The Morgan fingerprint density at radius 3 is 2.60 bits per heavy atom. The number of unbranched alkanes of at least 4 members (excludes halogenated alkanes) is 1. The molecule has 1 saturated carbocycles. The molecule has 242 valence electrons. The third-order valence-electron chi connectivity index (χ3n) is 8.27. The van der Waals surface area contributed by atoms with Gasteiger partial charge >= 0.3 is 0 Å². The smallest absolute Gasteiger partial charge is 0.256 e. The van der Waals surface area contributed by atoms with E-state index in [2.05, 4.69) is 37.0 Å². The maximum Gasteiger partial charge on any atom is 0.256 e. The van der Waals surface area contributed by atoms with E-state index < -0.39 is 0 Å². The summed E-state index contributed by atoms with van der Waals surface area (Å²) < 4.78 is 21.0. The van der Waals surface area contributed by atoms with Crippen molar-refractivity contribution >= 4 is 29.6 Å². The molecule has 0 spiro atoms. The number of ether oxygens (including phenoxy) is 3. The first-order valence-electron chi connectivity index (χ1n) is 15.7. The number of morpholine rings is 1. The standard InChI is InChI=1S/C31H43ClN10O3/c1-3-4-13-44-30-28(20-42(38-30)26-8-6-25(7-9-26)40-11-14-43-15-12-40)37-31-35-17-24(18-36-31)23-5-10-27(32)29(16-23)45-22(2)19-41(21-33)39-34/h5,10,16-18,20-22,25-26,33-34H,3-4,6-9,11-15,19H2,1-2H3,(H,35,36,37)/p+1/t22-,25?,26?/m0/s1. The van der Waals surface area contributed by atoms with E-state index in [1.165, 1.54) is 4.70 Å². The van der Waals surface area contributed by atoms with Crippen LogP contribution in [-0.2, 0) is 4.74 Å². The average Bonchev–Trinajstić information content (AvgIpc) is 3.47. The Morgan fingerprint density at radius 1 is 1.18 bits per heavy atom. The average molecular weight is 640 g/mol. The number of nitrogens with zero attached hydrogens (tertiary/aromatic N) is 7. The molecule has 1 aliphatic carbocycles. The van der Waals surface area contributed by atoms with Gasteiger partial charge in [-0.25, -0.2) is 15.8 Å². The second-order valence-corrected chi connectivity index (χ2v) is 11.9. The summed E-state index contributed by atoms with van der Waals surface area (Å²) in [5, 5.41) is 19.5. The van der Waals surface area contributed by atoms with Crippen LogP contribution in [0.25, 0.3) is 11.1 Å². The molecule has 1 saturated heterocycles. The molecular weight excluding hydrogens is 596 g/mol. The lowest BCUT2D eigenvalue weighted by molar-refractivity contribution is -0.485. The van der Waals surface area contributed by atoms with Crippen LogP contribution in [0.2, 0.25) is 5.02 Å². The topological polar surface area (TPSA) is 152 Å². The quantitative estimate of drug-likeness (QED) is 0.0398. The first-order valence-corrected chi connectivity index (χ1v) is 16.1. The highest BCUT2D eigenvalue weighted by molar-refractivity contribution is 6.32. The monoisotopic (exact) mass is 639 g/mol. The van der Waals surface area contributed by atoms with Crippen molar-refractivity contribution in [1.29, 1.82) is 5.41 Å². The van der Waals surface area contributed by atoms with Crippen LogP contribution in [0, 0.1) is 5.41 Å². The Hall–Kier alpha value is -3.81. The second kappa shape index (κ2) is 16.0. The summed E-state index contributed by atoms with van der Waals surface area (Å²) in [6.45, 7) is 8.64. The molecular formula is C31H44ClN10O3+. The summed E-state index contributed by atoms with van der Waals surface area (Å²) in [5.74, 6) is 6.83. The van der Waals surface area contributed by atoms with E-state index in [1.54, 1.807) is 18.5 Å². The number of anilines is 2. The van der Waals surface area contributed by atoms with Crippen molar-refractivity contribution in [2.45, 2.75) is 70.6 Å². The van der Waals surface area contributed by atoms with Gasteiger partial charge in [0, 0.05) is 42.3 Å². The zero-order valence-electron chi connectivity index (χ0n) is 26.1. The molecule has 2 aromatic heterocycles. The van der Waals surface area contributed by atoms with Crippen LogP contribution in [0.3, 0.4) is 0 Å². The normalized spacial score (nSPS) is 20.0. The minimum absolute atomic E-state index is 0.306. The van der Waals surface area contributed by atoms with Crippen molar-refractivity contribution in [3.63, 3.8) is 0 Å². The Morgan fingerprint density at radius 2 is 1.91 bits per heavy atom. The summed E-state index contributed by atoms with van der Waals surface area (Å²) in [4.78, 5) is 11.8. The van der Waals surface area contributed by atoms with Crippen molar-refractivity contribution in [2.24, 2.45) is 11.1 Å². The molecule has 2 fully saturated rings. The predicted octanol–water partition coefficient (Wildman–Crippen LogP) is 5.44. The molecule has 1 atom stereocenters. The molecule has 3 aromatic rings. The molecule has 3 heterocycles. The zero-order chi connectivity index (χ0) is 31.6. The maximum absolute atomic E-state index is 7.36. The number of halogens is 1. The largest absolute Gasteiger partial charge is 0.486 e. The number of nitrogens with one attached hydrogen (secondary N) is 2. The molecule has 45 heavy (non-hydrogen) atoms. The van der Waals surface area contributed by atoms with E-state index >= 15 is 0 Å². The molecule has 1 aliphatic heterocycles. The van der Waals surface area contributed by atoms with Crippen molar-refractivity contribution in [3.05, 3.63) is 41.8 Å². The van der Waals surface area contributed by atoms with Gasteiger partial charge in [-0.1, -0.05) is 31.0 Å². The Labute approximate surface area is 269 Å². The van der Waals surface area contributed by atoms with E-state index in [1.807, 2.05) is 25.3 Å². The third-order valence-corrected chi connectivity index (χ3v) is 8.58. The van der Waals surface area contributed by atoms with E-state index in [0.29, 0.717) is 47.8 Å². The molecule has 0 bridgehead atoms. The summed E-state index contributed by atoms with van der Waals surface area (Å²) >= 11 is 6.41. The number of benzene rings is 1. The van der Waals surface area contributed by atoms with Crippen LogP contribution in [0.4, 0.5) is 11.6 Å². The molecule has 0 amide bonds. The summed E-state index contributed by atoms with van der Waals surface area (Å²) in [7, 11) is 0. The van der Waals surface area contributed by atoms with Gasteiger partial charge in [0.15, 0.2) is 0 Å². The van der Waals surface area contributed by atoms with Crippen LogP contribution in [0.15, 0.2) is 42.0 Å². The molecule has 4 N–H and O–H groups in total. The third kappa shape index (κ3) is 8.68. The van der Waals surface area contributed by atoms with Gasteiger partial charge < -0.3 is 19.5 Å². The molecule has 13 nitrogen and oxygen atoms in total. The fraction of sp³-hybridized carbons (Fsp3) is 0.548. The van der Waals surface area contributed by atoms with Gasteiger partial charge in [-0.2, -0.15) is 5.41 Å². The van der Waals surface area contributed by atoms with Gasteiger partial charge in [0.25, 0.3) is 5.88 Å². The first kappa shape index (κ1) is 32.6. The van der Waals surface area contributed by atoms with Crippen LogP contribution >= 0.6 is 11.6 Å². The molecule has 0 radical (unpaired) electrons. The lowest BCUT2D eigenvalue weighted by Crippen LogP contribution is -2.45. The van der Waals surface area contributed by atoms with Crippen molar-refractivity contribution in [1.82, 2.24) is 24.6 Å². The number of nitrogens with two attached hydrogens (primary N) is 1. The van der Waals surface area contributed by atoms with Crippen LogP contribution < -0.4 is 20.6 Å². The zero-order valence-corrected chi connectivity index (χ0v) is 26.8. The molecule has 0 unspecified atom stereocenters. The summed E-state index contributed by atoms with van der Waals surface area (Å²) in [6, 6.07) is 6.47. The van der Waals surface area contributed by atoms with Crippen LogP contribution in [0.1, 0.15) is 58.4 Å². The fourth-order valence-corrected chi connectivity index (χ4v) is 5.95. The van der Waals surface area contributed by atoms with Crippen molar-refractivity contribution in [3.8, 4) is 22.8 Å². The van der Waals surface area contributed by atoms with Crippen LogP contribution in [0.5, 0.6) is 11.6 Å². The van der Waals surface area contributed by atoms with Crippen molar-refractivity contribution in [2.75, 3.05) is 44.8 Å². The van der Waals surface area contributed by atoms with E-state index in [9.17, 15) is 0 Å².